The van der Waals surface area contributed by atoms with Gasteiger partial charge < -0.3 is 4.90 Å². The Bertz CT molecular complexity index is 893. The quantitative estimate of drug-likeness (QED) is 0.626. The van der Waals surface area contributed by atoms with Gasteiger partial charge in [-0.2, -0.15) is 0 Å². The fraction of sp³-hybridized carbons (Fsp3) is 0.389. The minimum Gasteiger partial charge on any atom is -0.342 e. The zero-order valence-electron chi connectivity index (χ0n) is 14.9. The third kappa shape index (κ3) is 5.57. The van der Waals surface area contributed by atoms with Crippen molar-refractivity contribution in [1.82, 2.24) is 9.62 Å². The summed E-state index contributed by atoms with van der Waals surface area (Å²) in [6.45, 7) is 3.19. The molecule has 3 rings (SSSR count). The van der Waals surface area contributed by atoms with Crippen molar-refractivity contribution in [2.75, 3.05) is 18.8 Å². The predicted molar refractivity (Wildman–Crippen MR) is 114 cm³/mol. The van der Waals surface area contributed by atoms with Gasteiger partial charge in [0.25, 0.3) is 0 Å². The smallest absolute Gasteiger partial charge is 0.250 e. The Morgan fingerprint density at radius 3 is 2.70 bits per heavy atom. The first-order valence-corrected chi connectivity index (χ1v) is 12.7. The molecule has 9 heteroatoms. The van der Waals surface area contributed by atoms with E-state index in [-0.39, 0.29) is 11.9 Å². The van der Waals surface area contributed by atoms with Gasteiger partial charge in [0.2, 0.25) is 15.9 Å². The molecule has 2 aromatic rings. The summed E-state index contributed by atoms with van der Waals surface area (Å²) in [7, 11) is -3.45. The summed E-state index contributed by atoms with van der Waals surface area (Å²) < 4.78 is 28.7. The average molecular weight is 489 g/mol. The zero-order chi connectivity index (χ0) is 19.4. The van der Waals surface area contributed by atoms with E-state index in [4.69, 9.17) is 0 Å². The molecule has 0 radical (unpaired) electrons. The summed E-state index contributed by atoms with van der Waals surface area (Å²) in [5, 5.41) is 1.75. The number of rotatable bonds is 6. The highest BCUT2D eigenvalue weighted by Gasteiger charge is 2.27. The fourth-order valence-corrected chi connectivity index (χ4v) is 6.65. The Balaban J connectivity index is 1.48. The molecule has 27 heavy (non-hydrogen) atoms. The van der Waals surface area contributed by atoms with Gasteiger partial charge in [0.1, 0.15) is 4.21 Å². The van der Waals surface area contributed by atoms with Gasteiger partial charge in [0.15, 0.2) is 0 Å². The van der Waals surface area contributed by atoms with E-state index in [1.54, 1.807) is 29.3 Å². The number of nitrogens with one attached hydrogen (secondary N) is 1. The molecule has 0 bridgehead atoms. The monoisotopic (exact) mass is 488 g/mol. The second kappa shape index (κ2) is 9.09. The van der Waals surface area contributed by atoms with E-state index in [9.17, 15) is 13.2 Å². The molecule has 0 atom stereocenters. The van der Waals surface area contributed by atoms with Crippen molar-refractivity contribution in [2.24, 2.45) is 0 Å². The molecule has 2 heterocycles. The van der Waals surface area contributed by atoms with E-state index < -0.39 is 10.0 Å². The summed E-state index contributed by atoms with van der Waals surface area (Å²) in [4.78, 5) is 15.4. The lowest BCUT2D eigenvalue weighted by molar-refractivity contribution is -0.129. The summed E-state index contributed by atoms with van der Waals surface area (Å²) in [5.41, 5.74) is 1.14. The molecule has 0 saturated carbocycles. The van der Waals surface area contributed by atoms with Gasteiger partial charge in [-0.25, -0.2) is 13.1 Å². The number of hydrogen-bond donors (Lipinski definition) is 1. The Morgan fingerprint density at radius 1 is 1.33 bits per heavy atom. The Hall–Kier alpha value is -0.870. The van der Waals surface area contributed by atoms with Crippen LogP contribution in [0, 0.1) is 6.92 Å². The van der Waals surface area contributed by atoms with Gasteiger partial charge in [-0.3, -0.25) is 4.79 Å². The number of halogens is 1. The molecule has 1 aliphatic rings. The molecule has 1 aromatic heterocycles. The minimum atomic E-state index is -3.45. The first-order valence-electron chi connectivity index (χ1n) is 8.58. The summed E-state index contributed by atoms with van der Waals surface area (Å²) >= 11 is 6.20. The average Bonchev–Trinajstić information content (AvgIpc) is 3.17. The Kier molecular flexibility index (Phi) is 7.02. The largest absolute Gasteiger partial charge is 0.342 e. The molecule has 146 valence electrons. The van der Waals surface area contributed by atoms with E-state index in [0.29, 0.717) is 35.9 Å². The van der Waals surface area contributed by atoms with Crippen molar-refractivity contribution in [3.63, 3.8) is 0 Å². The van der Waals surface area contributed by atoms with E-state index in [1.807, 2.05) is 30.0 Å². The number of nitrogens with zero attached hydrogens (tertiary/aromatic N) is 1. The molecule has 1 fully saturated rings. The second-order valence-corrected chi connectivity index (χ2v) is 11.2. The molecular weight excluding hydrogens is 468 g/mol. The molecular formula is C18H21BrN2O3S3. The molecule has 1 aromatic carbocycles. The van der Waals surface area contributed by atoms with Crippen molar-refractivity contribution in [2.45, 2.75) is 34.9 Å². The Morgan fingerprint density at radius 2 is 2.07 bits per heavy atom. The number of amides is 1. The van der Waals surface area contributed by atoms with Crippen molar-refractivity contribution >= 4 is 55.0 Å². The van der Waals surface area contributed by atoms with Crippen LogP contribution in [0.5, 0.6) is 0 Å². The van der Waals surface area contributed by atoms with Gasteiger partial charge >= 0.3 is 0 Å². The van der Waals surface area contributed by atoms with Crippen LogP contribution in [0.2, 0.25) is 0 Å². The molecule has 1 saturated heterocycles. The first-order chi connectivity index (χ1) is 12.8. The van der Waals surface area contributed by atoms with E-state index >= 15 is 0 Å². The topological polar surface area (TPSA) is 66.5 Å². The third-order valence-electron chi connectivity index (χ3n) is 4.42. The fourth-order valence-electron chi connectivity index (χ4n) is 2.95. The Labute approximate surface area is 176 Å². The maximum atomic E-state index is 12.5. The SMILES string of the molecule is Cc1cc(Br)ccc1SCC(=O)N1CCC(NS(=O)(=O)c2cccs2)CC1. The standard InChI is InChI=1S/C18H21BrN2O3S3/c1-13-11-14(19)4-5-16(13)26-12-17(22)21-8-6-15(7-9-21)20-27(23,24)18-3-2-10-25-18/h2-5,10-11,15,20H,6-9,12H2,1H3. The number of carbonyl (C=O) groups is 1. The molecule has 0 unspecified atom stereocenters. The molecule has 0 spiro atoms. The van der Waals surface area contributed by atoms with Crippen LogP contribution in [-0.4, -0.2) is 44.1 Å². The number of benzene rings is 1. The number of carbonyl (C=O) groups excluding carboxylic acids is 1. The van der Waals surface area contributed by atoms with Crippen LogP contribution in [0.4, 0.5) is 0 Å². The maximum absolute atomic E-state index is 12.5. The summed E-state index contributed by atoms with van der Waals surface area (Å²) in [5.74, 6) is 0.496. The highest BCUT2D eigenvalue weighted by atomic mass is 79.9. The van der Waals surface area contributed by atoms with Crippen LogP contribution in [0.15, 0.2) is 49.3 Å². The lowest BCUT2D eigenvalue weighted by Gasteiger charge is -2.32. The lowest BCUT2D eigenvalue weighted by Crippen LogP contribution is -2.46. The highest BCUT2D eigenvalue weighted by molar-refractivity contribution is 9.10. The van der Waals surface area contributed by atoms with Crippen LogP contribution in [0.1, 0.15) is 18.4 Å². The van der Waals surface area contributed by atoms with E-state index in [0.717, 1.165) is 14.9 Å². The third-order valence-corrected chi connectivity index (χ3v) is 8.99. The van der Waals surface area contributed by atoms with Crippen LogP contribution in [0.25, 0.3) is 0 Å². The number of likely N-dealkylation sites (tertiary alicyclic amines) is 1. The molecule has 1 aliphatic heterocycles. The number of sulfonamides is 1. The summed E-state index contributed by atoms with van der Waals surface area (Å²) in [6.07, 6.45) is 1.27. The number of hydrogen-bond acceptors (Lipinski definition) is 5. The van der Waals surface area contributed by atoms with Crippen LogP contribution in [0.3, 0.4) is 0 Å². The first kappa shape index (κ1) is 20.9. The maximum Gasteiger partial charge on any atom is 0.250 e. The van der Waals surface area contributed by atoms with Gasteiger partial charge in [-0.1, -0.05) is 22.0 Å². The van der Waals surface area contributed by atoms with Crippen LogP contribution in [-0.2, 0) is 14.8 Å². The molecule has 0 aliphatic carbocycles. The van der Waals surface area contributed by atoms with Crippen molar-refractivity contribution in [3.8, 4) is 0 Å². The molecule has 5 nitrogen and oxygen atoms in total. The minimum absolute atomic E-state index is 0.0990. The normalized spacial score (nSPS) is 15.9. The molecule has 1 amide bonds. The van der Waals surface area contributed by atoms with E-state index in [1.165, 1.54) is 11.3 Å². The van der Waals surface area contributed by atoms with E-state index in [2.05, 4.69) is 20.7 Å². The predicted octanol–water partition coefficient (Wildman–Crippen LogP) is 3.88. The van der Waals surface area contributed by atoms with Gasteiger partial charge in [0, 0.05) is 28.5 Å². The number of piperidine rings is 1. The lowest BCUT2D eigenvalue weighted by atomic mass is 10.1. The van der Waals surface area contributed by atoms with Crippen LogP contribution >= 0.6 is 39.0 Å². The number of thioether (sulfide) groups is 1. The number of aryl methyl sites for hydroxylation is 1. The van der Waals surface area contributed by atoms with Crippen molar-refractivity contribution in [3.05, 3.63) is 45.7 Å². The second-order valence-electron chi connectivity index (χ2n) is 6.41. The zero-order valence-corrected chi connectivity index (χ0v) is 18.9. The highest BCUT2D eigenvalue weighted by Crippen LogP contribution is 2.26. The van der Waals surface area contributed by atoms with Crippen molar-refractivity contribution in [1.29, 1.82) is 0 Å². The van der Waals surface area contributed by atoms with Crippen LogP contribution < -0.4 is 4.72 Å². The van der Waals surface area contributed by atoms with Gasteiger partial charge in [0.05, 0.1) is 5.75 Å². The molecule has 1 N–H and O–H groups in total. The number of thiophene rings is 1. The van der Waals surface area contributed by atoms with Crippen molar-refractivity contribution < 1.29 is 13.2 Å². The summed E-state index contributed by atoms with van der Waals surface area (Å²) in [6, 6.07) is 9.24. The van der Waals surface area contributed by atoms with Gasteiger partial charge in [-0.15, -0.1) is 23.1 Å². The van der Waals surface area contributed by atoms with Gasteiger partial charge in [-0.05, 0) is 55.0 Å².